The smallest absolute Gasteiger partial charge is 0.283 e. The van der Waals surface area contributed by atoms with Crippen LogP contribution in [-0.4, -0.2) is 47.1 Å². The van der Waals surface area contributed by atoms with Crippen LogP contribution in [0, 0.1) is 5.41 Å². The standard InChI is InChI=1S/C24H24N4O5S2/c1-4-32-20-14-16(11-12-19(20)33-15(3)17-9-7-6-8-10-17)13-18-21(25)28-23(26-22(18)29)34-24(27-28)35(30,31)5-2/h6-15,25H,4-5H2,1-3H3/b18-13-,25-21?/t15-/m1/s1. The summed E-state index contributed by atoms with van der Waals surface area (Å²) in [6, 6.07) is 15.0. The lowest BCUT2D eigenvalue weighted by molar-refractivity contribution is -0.114. The lowest BCUT2D eigenvalue weighted by atomic mass is 10.1. The average molecular weight is 513 g/mol. The molecule has 2 aliphatic heterocycles. The molecule has 35 heavy (non-hydrogen) atoms. The van der Waals surface area contributed by atoms with E-state index in [0.717, 1.165) is 22.3 Å². The number of hydrogen-bond acceptors (Lipinski definition) is 8. The van der Waals surface area contributed by atoms with Crippen molar-refractivity contribution in [3.05, 3.63) is 65.2 Å². The molecule has 2 aromatic rings. The third-order valence-electron chi connectivity index (χ3n) is 5.23. The molecule has 0 saturated carbocycles. The summed E-state index contributed by atoms with van der Waals surface area (Å²) in [5.41, 5.74) is 1.60. The summed E-state index contributed by atoms with van der Waals surface area (Å²) < 4.78 is 36.1. The highest BCUT2D eigenvalue weighted by atomic mass is 32.3. The van der Waals surface area contributed by atoms with E-state index in [1.165, 1.54) is 13.0 Å². The van der Waals surface area contributed by atoms with E-state index in [9.17, 15) is 13.2 Å². The van der Waals surface area contributed by atoms with Gasteiger partial charge < -0.3 is 9.47 Å². The Bertz CT molecular complexity index is 1370. The van der Waals surface area contributed by atoms with Crippen molar-refractivity contribution in [2.75, 3.05) is 12.4 Å². The first-order chi connectivity index (χ1) is 16.7. The zero-order valence-electron chi connectivity index (χ0n) is 19.4. The van der Waals surface area contributed by atoms with Gasteiger partial charge in [-0.3, -0.25) is 10.2 Å². The van der Waals surface area contributed by atoms with Crippen LogP contribution in [0.1, 0.15) is 38.0 Å². The SMILES string of the molecule is CCOc1cc(/C=C2/C(=N)N3N=C(S(=O)(=O)CC)SC3=NC2=O)ccc1O[C@H](C)c1ccccc1. The third-order valence-corrected chi connectivity index (χ3v) is 8.32. The number of thioether (sulfide) groups is 1. The summed E-state index contributed by atoms with van der Waals surface area (Å²) in [4.78, 5) is 16.6. The van der Waals surface area contributed by atoms with Gasteiger partial charge in [0.05, 0.1) is 17.9 Å². The van der Waals surface area contributed by atoms with E-state index in [4.69, 9.17) is 14.9 Å². The van der Waals surface area contributed by atoms with E-state index in [1.54, 1.807) is 18.2 Å². The van der Waals surface area contributed by atoms with Crippen LogP contribution in [0.5, 0.6) is 11.5 Å². The number of nitrogens with zero attached hydrogens (tertiary/aromatic N) is 3. The number of nitrogens with one attached hydrogen (secondary N) is 1. The van der Waals surface area contributed by atoms with Crippen LogP contribution in [0.15, 0.2) is 64.2 Å². The molecule has 9 nitrogen and oxygen atoms in total. The minimum absolute atomic E-state index is 0.0120. The number of carbonyl (C=O) groups excluding carboxylic acids is 1. The van der Waals surface area contributed by atoms with Crippen LogP contribution < -0.4 is 9.47 Å². The summed E-state index contributed by atoms with van der Waals surface area (Å²) in [5.74, 6) is 0.0155. The Hall–Kier alpha value is -3.44. The number of amidine groups is 2. The molecule has 4 rings (SSSR count). The minimum Gasteiger partial charge on any atom is -0.490 e. The van der Waals surface area contributed by atoms with Gasteiger partial charge in [0.25, 0.3) is 5.91 Å². The van der Waals surface area contributed by atoms with Crippen LogP contribution in [0.25, 0.3) is 6.08 Å². The van der Waals surface area contributed by atoms with Crippen LogP contribution in [0.4, 0.5) is 0 Å². The molecule has 0 saturated heterocycles. The number of amides is 1. The summed E-state index contributed by atoms with van der Waals surface area (Å²) in [6.07, 6.45) is 1.30. The Morgan fingerprint density at radius 3 is 2.57 bits per heavy atom. The summed E-state index contributed by atoms with van der Waals surface area (Å²) >= 11 is 0.769. The molecule has 1 atom stereocenters. The van der Waals surface area contributed by atoms with Crippen molar-refractivity contribution in [1.82, 2.24) is 5.01 Å². The molecular formula is C24H24N4O5S2. The number of sulfone groups is 1. The first kappa shape index (κ1) is 24.7. The van der Waals surface area contributed by atoms with Crippen LogP contribution in [0.2, 0.25) is 0 Å². The highest BCUT2D eigenvalue weighted by molar-refractivity contribution is 8.42. The number of rotatable bonds is 7. The Labute approximate surface area is 208 Å². The van der Waals surface area contributed by atoms with Crippen LogP contribution >= 0.6 is 11.8 Å². The fraction of sp³-hybridized carbons (Fsp3) is 0.250. The maximum atomic E-state index is 12.7. The lowest BCUT2D eigenvalue weighted by Crippen LogP contribution is -2.35. The highest BCUT2D eigenvalue weighted by Gasteiger charge is 2.39. The lowest BCUT2D eigenvalue weighted by Gasteiger charge is -2.20. The Morgan fingerprint density at radius 2 is 1.89 bits per heavy atom. The molecule has 1 amide bonds. The predicted molar refractivity (Wildman–Crippen MR) is 138 cm³/mol. The Kier molecular flexibility index (Phi) is 7.08. The molecule has 0 fully saturated rings. The highest BCUT2D eigenvalue weighted by Crippen LogP contribution is 2.34. The molecule has 0 spiro atoms. The maximum absolute atomic E-state index is 12.7. The van der Waals surface area contributed by atoms with Gasteiger partial charge in [-0.2, -0.15) is 10.0 Å². The number of carbonyl (C=O) groups is 1. The van der Waals surface area contributed by atoms with Crippen molar-refractivity contribution in [2.24, 2.45) is 10.1 Å². The van der Waals surface area contributed by atoms with Crippen molar-refractivity contribution >= 4 is 49.0 Å². The quantitative estimate of drug-likeness (QED) is 0.551. The second-order valence-corrected chi connectivity index (χ2v) is 11.0. The number of aliphatic imine (C=N–C) groups is 1. The van der Waals surface area contributed by atoms with Gasteiger partial charge >= 0.3 is 0 Å². The largest absolute Gasteiger partial charge is 0.490 e. The second-order valence-electron chi connectivity index (χ2n) is 7.60. The van der Waals surface area contributed by atoms with E-state index in [1.807, 2.05) is 44.2 Å². The molecule has 2 heterocycles. The molecule has 1 N–H and O–H groups in total. The van der Waals surface area contributed by atoms with Crippen molar-refractivity contribution in [3.63, 3.8) is 0 Å². The Balaban J connectivity index is 1.62. The fourth-order valence-corrected chi connectivity index (χ4v) is 5.52. The van der Waals surface area contributed by atoms with Crippen molar-refractivity contribution < 1.29 is 22.7 Å². The van der Waals surface area contributed by atoms with Gasteiger partial charge in [0.1, 0.15) is 6.10 Å². The molecule has 0 radical (unpaired) electrons. The molecular weight excluding hydrogens is 488 g/mol. The zero-order chi connectivity index (χ0) is 25.2. The number of hydrogen-bond donors (Lipinski definition) is 1. The number of hydrazone groups is 1. The molecule has 2 aromatic carbocycles. The van der Waals surface area contributed by atoms with Gasteiger partial charge in [-0.05, 0) is 54.9 Å². The first-order valence-electron chi connectivity index (χ1n) is 10.9. The van der Waals surface area contributed by atoms with E-state index < -0.39 is 15.7 Å². The van der Waals surface area contributed by atoms with Gasteiger partial charge in [-0.1, -0.05) is 43.3 Å². The van der Waals surface area contributed by atoms with Crippen molar-refractivity contribution in [1.29, 1.82) is 5.41 Å². The zero-order valence-corrected chi connectivity index (χ0v) is 21.0. The molecule has 0 bridgehead atoms. The number of benzene rings is 2. The van der Waals surface area contributed by atoms with Crippen LogP contribution in [-0.2, 0) is 14.6 Å². The molecule has 0 unspecified atom stereocenters. The van der Waals surface area contributed by atoms with Gasteiger partial charge in [-0.25, -0.2) is 8.42 Å². The van der Waals surface area contributed by atoms with Crippen molar-refractivity contribution in [3.8, 4) is 11.5 Å². The van der Waals surface area contributed by atoms with Gasteiger partial charge in [0.15, 0.2) is 17.3 Å². The third kappa shape index (κ3) is 5.15. The molecule has 2 aliphatic rings. The molecule has 11 heteroatoms. The maximum Gasteiger partial charge on any atom is 0.283 e. The minimum atomic E-state index is -3.59. The van der Waals surface area contributed by atoms with Gasteiger partial charge in [-0.15, -0.1) is 5.10 Å². The summed E-state index contributed by atoms with van der Waals surface area (Å²) in [6.45, 7) is 5.72. The van der Waals surface area contributed by atoms with Gasteiger partial charge in [0, 0.05) is 0 Å². The van der Waals surface area contributed by atoms with E-state index in [0.29, 0.717) is 23.7 Å². The van der Waals surface area contributed by atoms with Crippen molar-refractivity contribution in [2.45, 2.75) is 26.9 Å². The predicted octanol–water partition coefficient (Wildman–Crippen LogP) is 4.24. The fourth-order valence-electron chi connectivity index (χ4n) is 3.35. The molecule has 182 valence electrons. The normalized spacial score (nSPS) is 17.7. The topological polar surface area (TPSA) is 121 Å². The summed E-state index contributed by atoms with van der Waals surface area (Å²) in [5, 5.41) is 13.6. The van der Waals surface area contributed by atoms with E-state index in [2.05, 4.69) is 10.1 Å². The van der Waals surface area contributed by atoms with Gasteiger partial charge in [0.2, 0.25) is 19.4 Å². The van der Waals surface area contributed by atoms with E-state index in [-0.39, 0.29) is 32.8 Å². The second kappa shape index (κ2) is 10.0. The Morgan fingerprint density at radius 1 is 1.14 bits per heavy atom. The number of ether oxygens (including phenoxy) is 2. The molecule has 0 aromatic heterocycles. The average Bonchev–Trinajstić information content (AvgIpc) is 3.29. The summed E-state index contributed by atoms with van der Waals surface area (Å²) in [7, 11) is -3.59. The number of fused-ring (bicyclic) bond motifs is 1. The first-order valence-corrected chi connectivity index (χ1v) is 13.4. The van der Waals surface area contributed by atoms with E-state index >= 15 is 0 Å². The monoisotopic (exact) mass is 512 g/mol. The van der Waals surface area contributed by atoms with Crippen LogP contribution in [0.3, 0.4) is 0 Å². The molecule has 0 aliphatic carbocycles.